The number of rotatable bonds is 4. The van der Waals surface area contributed by atoms with Crippen molar-refractivity contribution in [2.75, 3.05) is 11.9 Å². The van der Waals surface area contributed by atoms with Crippen molar-refractivity contribution < 1.29 is 0 Å². The van der Waals surface area contributed by atoms with Gasteiger partial charge in [0.25, 0.3) is 5.56 Å². The molecule has 4 heterocycles. The van der Waals surface area contributed by atoms with Crippen molar-refractivity contribution >= 4 is 22.7 Å². The molecule has 8 heteroatoms. The molecule has 4 aromatic rings. The first kappa shape index (κ1) is 18.5. The minimum absolute atomic E-state index is 0.123. The van der Waals surface area contributed by atoms with Crippen LogP contribution in [0.3, 0.4) is 0 Å². The Morgan fingerprint density at radius 3 is 2.90 bits per heavy atom. The van der Waals surface area contributed by atoms with Gasteiger partial charge in [-0.2, -0.15) is 4.98 Å². The average Bonchev–Trinajstić information content (AvgIpc) is 3.04. The topological polar surface area (TPSA) is 89.7 Å². The van der Waals surface area contributed by atoms with E-state index < -0.39 is 0 Å². The van der Waals surface area contributed by atoms with E-state index >= 15 is 0 Å². The summed E-state index contributed by atoms with van der Waals surface area (Å²) in [5.74, 6) is 1.11. The Hall–Kier alpha value is -3.52. The lowest BCUT2D eigenvalue weighted by molar-refractivity contribution is 0.567. The zero-order valence-electron chi connectivity index (χ0n) is 17.0. The van der Waals surface area contributed by atoms with Gasteiger partial charge in [-0.15, -0.1) is 0 Å². The van der Waals surface area contributed by atoms with Crippen LogP contribution in [0.4, 0.5) is 11.6 Å². The molecule has 0 saturated carbocycles. The van der Waals surface area contributed by atoms with Gasteiger partial charge in [-0.3, -0.25) is 4.79 Å². The highest BCUT2D eigenvalue weighted by Crippen LogP contribution is 2.22. The Bertz CT molecular complexity index is 1300. The predicted octanol–water partition coefficient (Wildman–Crippen LogP) is 2.69. The predicted molar refractivity (Wildman–Crippen MR) is 116 cm³/mol. The smallest absolute Gasteiger partial charge is 0.278 e. The van der Waals surface area contributed by atoms with Crippen LogP contribution in [0.2, 0.25) is 0 Å². The number of aromatic nitrogens is 5. The molecule has 1 aliphatic heterocycles. The van der Waals surface area contributed by atoms with Gasteiger partial charge in [0.2, 0.25) is 5.95 Å². The molecule has 5 rings (SSSR count). The largest absolute Gasteiger partial charge is 0.324 e. The molecule has 3 aromatic heterocycles. The molecule has 0 unspecified atom stereocenters. The normalized spacial score (nSPS) is 13.4. The van der Waals surface area contributed by atoms with E-state index in [9.17, 15) is 4.79 Å². The van der Waals surface area contributed by atoms with Crippen LogP contribution >= 0.6 is 0 Å². The Morgan fingerprint density at radius 2 is 2.07 bits per heavy atom. The Balaban J connectivity index is 1.60. The molecule has 0 spiro atoms. The lowest BCUT2D eigenvalue weighted by Gasteiger charge is -2.18. The maximum atomic E-state index is 12.9. The molecular weight excluding hydrogens is 378 g/mol. The van der Waals surface area contributed by atoms with Gasteiger partial charge in [-0.25, -0.2) is 19.3 Å². The number of benzene rings is 1. The summed E-state index contributed by atoms with van der Waals surface area (Å²) < 4.78 is 3.41. The number of fused-ring (bicyclic) bond motifs is 2. The van der Waals surface area contributed by atoms with Gasteiger partial charge in [0, 0.05) is 30.7 Å². The fourth-order valence-electron chi connectivity index (χ4n) is 3.94. The number of hydrogen-bond acceptors (Lipinski definition) is 6. The van der Waals surface area contributed by atoms with Crippen LogP contribution in [0.1, 0.15) is 23.7 Å². The summed E-state index contributed by atoms with van der Waals surface area (Å²) in [6.45, 7) is 6.24. The lowest BCUT2D eigenvalue weighted by atomic mass is 10.0. The summed E-state index contributed by atoms with van der Waals surface area (Å²) in [7, 11) is 0. The fourth-order valence-corrected chi connectivity index (χ4v) is 3.94. The number of aryl methyl sites for hydroxylation is 1. The Kier molecular flexibility index (Phi) is 4.55. The quantitative estimate of drug-likeness (QED) is 0.547. The van der Waals surface area contributed by atoms with Gasteiger partial charge < -0.3 is 10.6 Å². The second kappa shape index (κ2) is 7.38. The van der Waals surface area contributed by atoms with Gasteiger partial charge in [-0.1, -0.05) is 12.1 Å². The third kappa shape index (κ3) is 3.15. The summed E-state index contributed by atoms with van der Waals surface area (Å²) in [5, 5.41) is 7.16. The van der Waals surface area contributed by atoms with Gasteiger partial charge in [-0.05, 0) is 62.2 Å². The Morgan fingerprint density at radius 1 is 1.17 bits per heavy atom. The second-order valence-electron chi connectivity index (χ2n) is 7.44. The van der Waals surface area contributed by atoms with E-state index in [1.807, 2.05) is 38.1 Å². The van der Waals surface area contributed by atoms with Crippen molar-refractivity contribution in [3.05, 3.63) is 69.8 Å². The summed E-state index contributed by atoms with van der Waals surface area (Å²) >= 11 is 0. The van der Waals surface area contributed by atoms with Crippen molar-refractivity contribution in [1.29, 1.82) is 0 Å². The van der Waals surface area contributed by atoms with E-state index in [0.29, 0.717) is 29.3 Å². The van der Waals surface area contributed by atoms with Crippen LogP contribution in [0.5, 0.6) is 0 Å². The van der Waals surface area contributed by atoms with E-state index in [1.54, 1.807) is 15.6 Å². The third-order valence-electron chi connectivity index (χ3n) is 5.41. The van der Waals surface area contributed by atoms with Crippen molar-refractivity contribution in [1.82, 2.24) is 29.6 Å². The number of anilines is 2. The van der Waals surface area contributed by atoms with E-state index in [4.69, 9.17) is 0 Å². The zero-order chi connectivity index (χ0) is 20.7. The second-order valence-corrected chi connectivity index (χ2v) is 7.44. The number of nitrogens with zero attached hydrogens (tertiary/aromatic N) is 5. The van der Waals surface area contributed by atoms with Crippen LogP contribution in [0.25, 0.3) is 16.9 Å². The van der Waals surface area contributed by atoms with Crippen molar-refractivity contribution in [2.45, 2.75) is 33.4 Å². The molecule has 0 fully saturated rings. The fraction of sp³-hybridized carbons (Fsp3) is 0.273. The molecule has 0 bridgehead atoms. The van der Waals surface area contributed by atoms with E-state index in [1.165, 1.54) is 11.1 Å². The van der Waals surface area contributed by atoms with Crippen molar-refractivity contribution in [3.63, 3.8) is 0 Å². The average molecular weight is 401 g/mol. The maximum absolute atomic E-state index is 12.9. The van der Waals surface area contributed by atoms with Crippen LogP contribution in [0.15, 0.2) is 47.4 Å². The first-order chi connectivity index (χ1) is 14.6. The molecule has 1 aromatic carbocycles. The lowest BCUT2D eigenvalue weighted by Crippen LogP contribution is -2.23. The highest BCUT2D eigenvalue weighted by molar-refractivity contribution is 5.77. The highest BCUT2D eigenvalue weighted by atomic mass is 16.1. The summed E-state index contributed by atoms with van der Waals surface area (Å²) in [4.78, 5) is 26.5. The molecule has 8 nitrogen and oxygen atoms in total. The minimum atomic E-state index is -0.123. The summed E-state index contributed by atoms with van der Waals surface area (Å²) in [5.41, 5.74) is 4.87. The summed E-state index contributed by atoms with van der Waals surface area (Å²) in [6.07, 6.45) is 2.63. The zero-order valence-corrected chi connectivity index (χ0v) is 17.0. The molecule has 0 aliphatic carbocycles. The standard InChI is InChI=1S/C22H23N7O/c1-3-28-21(30)18-13-24-22(26-17-8-7-15-9-10-23-12-16(15)11-17)27-20(18)29(28)19-6-4-5-14(2)25-19/h4-8,11,13,23H,3,9-10,12H2,1-2H3,(H,24,26,27). The van der Waals surface area contributed by atoms with E-state index in [2.05, 4.69) is 37.7 Å². The van der Waals surface area contributed by atoms with E-state index in [0.717, 1.165) is 30.9 Å². The summed E-state index contributed by atoms with van der Waals surface area (Å²) in [6, 6.07) is 12.1. The SMILES string of the molecule is CCn1c(=O)c2cnc(Nc3ccc4c(c3)CNCC4)nc2n1-c1cccc(C)n1. The number of nitrogens with one attached hydrogen (secondary N) is 2. The van der Waals surface area contributed by atoms with Gasteiger partial charge in [0.05, 0.1) is 0 Å². The number of hydrogen-bond donors (Lipinski definition) is 2. The van der Waals surface area contributed by atoms with E-state index in [-0.39, 0.29) is 5.56 Å². The van der Waals surface area contributed by atoms with Gasteiger partial charge in [0.15, 0.2) is 11.5 Å². The first-order valence-corrected chi connectivity index (χ1v) is 10.2. The van der Waals surface area contributed by atoms with Crippen LogP contribution in [0, 0.1) is 6.92 Å². The van der Waals surface area contributed by atoms with Crippen molar-refractivity contribution in [2.24, 2.45) is 0 Å². The van der Waals surface area contributed by atoms with Crippen LogP contribution in [-0.2, 0) is 19.5 Å². The Labute approximate surface area is 173 Å². The van der Waals surface area contributed by atoms with Gasteiger partial charge >= 0.3 is 0 Å². The molecule has 0 saturated heterocycles. The third-order valence-corrected chi connectivity index (χ3v) is 5.41. The molecule has 30 heavy (non-hydrogen) atoms. The molecule has 2 N–H and O–H groups in total. The van der Waals surface area contributed by atoms with Gasteiger partial charge in [0.1, 0.15) is 5.39 Å². The molecule has 0 atom stereocenters. The number of pyridine rings is 1. The molecule has 152 valence electrons. The highest BCUT2D eigenvalue weighted by Gasteiger charge is 2.17. The maximum Gasteiger partial charge on any atom is 0.278 e. The molecule has 0 radical (unpaired) electrons. The van der Waals surface area contributed by atoms with Crippen LogP contribution in [-0.4, -0.2) is 30.9 Å². The molecular formula is C22H23N7O. The molecule has 0 amide bonds. The first-order valence-electron chi connectivity index (χ1n) is 10.2. The monoisotopic (exact) mass is 401 g/mol. The minimum Gasteiger partial charge on any atom is -0.324 e. The molecule has 1 aliphatic rings. The van der Waals surface area contributed by atoms with Crippen LogP contribution < -0.4 is 16.2 Å². The van der Waals surface area contributed by atoms with Crippen molar-refractivity contribution in [3.8, 4) is 5.82 Å².